The molecule has 2 aliphatic rings. The van der Waals surface area contributed by atoms with E-state index in [2.05, 4.69) is 5.32 Å². The van der Waals surface area contributed by atoms with Gasteiger partial charge < -0.3 is 15.0 Å². The van der Waals surface area contributed by atoms with Gasteiger partial charge in [-0.15, -0.1) is 0 Å². The van der Waals surface area contributed by atoms with Gasteiger partial charge in [0.1, 0.15) is 11.8 Å². The minimum absolute atomic E-state index is 0.00312. The van der Waals surface area contributed by atoms with Gasteiger partial charge in [-0.05, 0) is 49.4 Å². The number of ether oxygens (including phenoxy) is 1. The highest BCUT2D eigenvalue weighted by molar-refractivity contribution is 6.05. The average Bonchev–Trinajstić information content (AvgIpc) is 3.22. The van der Waals surface area contributed by atoms with Crippen molar-refractivity contribution in [3.8, 4) is 5.75 Å². The van der Waals surface area contributed by atoms with Gasteiger partial charge in [-0.2, -0.15) is 0 Å². The van der Waals surface area contributed by atoms with Gasteiger partial charge in [0.15, 0.2) is 0 Å². The van der Waals surface area contributed by atoms with E-state index in [-0.39, 0.29) is 61.0 Å². The fourth-order valence-corrected chi connectivity index (χ4v) is 5.40. The summed E-state index contributed by atoms with van der Waals surface area (Å²) in [5.41, 5.74) is 1.74. The molecule has 0 unspecified atom stereocenters. The lowest BCUT2D eigenvalue weighted by Crippen LogP contribution is -2.52. The molecule has 1 N–H and O–H groups in total. The van der Waals surface area contributed by atoms with Gasteiger partial charge in [0.2, 0.25) is 23.6 Å². The number of amides is 4. The number of likely N-dealkylation sites (tertiary alicyclic amines) is 1. The molecule has 2 aromatic carbocycles. The van der Waals surface area contributed by atoms with Crippen molar-refractivity contribution in [3.05, 3.63) is 77.9 Å². The van der Waals surface area contributed by atoms with Gasteiger partial charge in [-0.3, -0.25) is 24.1 Å². The third-order valence-corrected chi connectivity index (χ3v) is 7.91. The number of carbonyl (C=O) groups excluding carboxylic acids is 4. The molecular formula is C32H39N3O5. The Morgan fingerprint density at radius 1 is 1.00 bits per heavy atom. The third kappa shape index (κ3) is 6.79. The maximum absolute atomic E-state index is 13.9. The molecule has 212 valence electrons. The van der Waals surface area contributed by atoms with Crippen molar-refractivity contribution in [1.29, 1.82) is 0 Å². The summed E-state index contributed by atoms with van der Waals surface area (Å²) in [6.45, 7) is 4.11. The van der Waals surface area contributed by atoms with E-state index in [1.807, 2.05) is 80.6 Å². The lowest BCUT2D eigenvalue weighted by Gasteiger charge is -2.33. The van der Waals surface area contributed by atoms with E-state index in [1.165, 1.54) is 4.90 Å². The molecule has 1 heterocycles. The van der Waals surface area contributed by atoms with Crippen LogP contribution in [0.15, 0.2) is 66.7 Å². The molecule has 40 heavy (non-hydrogen) atoms. The predicted molar refractivity (Wildman–Crippen MR) is 152 cm³/mol. The second-order valence-corrected chi connectivity index (χ2v) is 10.6. The number of nitrogens with one attached hydrogen (secondary N) is 1. The van der Waals surface area contributed by atoms with Crippen molar-refractivity contribution in [2.45, 2.75) is 64.6 Å². The number of methoxy groups -OCH3 is 1. The van der Waals surface area contributed by atoms with Crippen LogP contribution in [0, 0.1) is 11.8 Å². The van der Waals surface area contributed by atoms with Crippen molar-refractivity contribution in [3.63, 3.8) is 0 Å². The largest absolute Gasteiger partial charge is 0.497 e. The van der Waals surface area contributed by atoms with Gasteiger partial charge >= 0.3 is 0 Å². The maximum atomic E-state index is 13.9. The van der Waals surface area contributed by atoms with Crippen LogP contribution in [0.25, 0.3) is 0 Å². The molecule has 8 nitrogen and oxygen atoms in total. The summed E-state index contributed by atoms with van der Waals surface area (Å²) >= 11 is 0. The molecule has 1 saturated heterocycles. The first kappa shape index (κ1) is 29.1. The highest BCUT2D eigenvalue weighted by Gasteiger charge is 2.47. The molecule has 4 atom stereocenters. The molecule has 0 aromatic heterocycles. The summed E-state index contributed by atoms with van der Waals surface area (Å²) in [5.74, 6) is -0.974. The average molecular weight is 546 g/mol. The fourth-order valence-electron chi connectivity index (χ4n) is 5.40. The van der Waals surface area contributed by atoms with Crippen LogP contribution in [0.2, 0.25) is 0 Å². The van der Waals surface area contributed by atoms with Gasteiger partial charge in [0.05, 0.1) is 18.9 Å². The smallest absolute Gasteiger partial charge is 0.243 e. The lowest BCUT2D eigenvalue weighted by atomic mass is 9.85. The van der Waals surface area contributed by atoms with Crippen LogP contribution < -0.4 is 10.1 Å². The van der Waals surface area contributed by atoms with Crippen LogP contribution in [0.3, 0.4) is 0 Å². The van der Waals surface area contributed by atoms with Crippen molar-refractivity contribution < 1.29 is 23.9 Å². The topological polar surface area (TPSA) is 96.0 Å². The van der Waals surface area contributed by atoms with E-state index in [9.17, 15) is 19.2 Å². The number of carbonyl (C=O) groups is 4. The number of hydrogen-bond acceptors (Lipinski definition) is 5. The number of hydrogen-bond donors (Lipinski definition) is 1. The van der Waals surface area contributed by atoms with Crippen LogP contribution in [0.4, 0.5) is 0 Å². The van der Waals surface area contributed by atoms with Crippen LogP contribution in [0.1, 0.15) is 50.7 Å². The van der Waals surface area contributed by atoms with Gasteiger partial charge in [-0.1, -0.05) is 61.5 Å². The quantitative estimate of drug-likeness (QED) is 0.323. The lowest BCUT2D eigenvalue weighted by molar-refractivity contribution is -0.144. The van der Waals surface area contributed by atoms with Gasteiger partial charge in [0, 0.05) is 32.0 Å². The molecule has 1 fully saturated rings. The first-order chi connectivity index (χ1) is 19.3. The van der Waals surface area contributed by atoms with E-state index in [1.54, 1.807) is 12.0 Å². The monoisotopic (exact) mass is 545 g/mol. The zero-order valence-electron chi connectivity index (χ0n) is 23.5. The fraction of sp³-hybridized carbons (Fsp3) is 0.438. The Labute approximate surface area is 236 Å². The molecule has 2 aromatic rings. The Hall–Kier alpha value is -3.94. The normalized spacial score (nSPS) is 19.6. The number of nitrogens with zero attached hydrogens (tertiary/aromatic N) is 2. The maximum Gasteiger partial charge on any atom is 0.243 e. The summed E-state index contributed by atoms with van der Waals surface area (Å²) in [6, 6.07) is 16.2. The standard InChI is InChI=1S/C32H39N3O5/c1-4-22(2)33-30(37)28(20-23-11-6-5-7-12-23)35(21-24-13-10-14-25(19-24)40-3)29(36)17-18-34-31(38)26-15-8-9-16-27(26)32(34)39/h5-14,19,22,26-28H,4,15-18,20-21H2,1-3H3,(H,33,37)/t22-,26-,27+,28-/m1/s1. The second-order valence-electron chi connectivity index (χ2n) is 10.6. The number of fused-ring (bicyclic) bond motifs is 1. The molecular weight excluding hydrogens is 506 g/mol. The molecule has 0 saturated carbocycles. The van der Waals surface area contributed by atoms with E-state index in [4.69, 9.17) is 4.74 Å². The van der Waals surface area contributed by atoms with Crippen molar-refractivity contribution in [1.82, 2.24) is 15.1 Å². The van der Waals surface area contributed by atoms with Crippen molar-refractivity contribution >= 4 is 23.6 Å². The molecule has 4 rings (SSSR count). The van der Waals surface area contributed by atoms with E-state index < -0.39 is 6.04 Å². The number of allylic oxidation sites excluding steroid dienone is 2. The van der Waals surface area contributed by atoms with Gasteiger partial charge in [0.25, 0.3) is 0 Å². The highest BCUT2D eigenvalue weighted by atomic mass is 16.5. The summed E-state index contributed by atoms with van der Waals surface area (Å²) < 4.78 is 5.38. The van der Waals surface area contributed by atoms with E-state index >= 15 is 0 Å². The van der Waals surface area contributed by atoms with E-state index in [0.29, 0.717) is 25.0 Å². The van der Waals surface area contributed by atoms with Gasteiger partial charge in [-0.25, -0.2) is 0 Å². The second kappa shape index (κ2) is 13.4. The molecule has 8 heteroatoms. The number of imide groups is 1. The molecule has 0 radical (unpaired) electrons. The Bertz CT molecular complexity index is 1220. The molecule has 0 spiro atoms. The number of benzene rings is 2. The number of rotatable bonds is 12. The summed E-state index contributed by atoms with van der Waals surface area (Å²) in [7, 11) is 1.58. The summed E-state index contributed by atoms with van der Waals surface area (Å²) in [5, 5.41) is 3.06. The minimum atomic E-state index is -0.785. The van der Waals surface area contributed by atoms with Crippen molar-refractivity contribution in [2.24, 2.45) is 11.8 Å². The van der Waals surface area contributed by atoms with Crippen molar-refractivity contribution in [2.75, 3.05) is 13.7 Å². The summed E-state index contributed by atoms with van der Waals surface area (Å²) in [4.78, 5) is 56.4. The molecule has 4 amide bonds. The minimum Gasteiger partial charge on any atom is -0.497 e. The Morgan fingerprint density at radius 2 is 1.65 bits per heavy atom. The Kier molecular flexibility index (Phi) is 9.74. The van der Waals surface area contributed by atoms with Crippen LogP contribution in [0.5, 0.6) is 5.75 Å². The van der Waals surface area contributed by atoms with E-state index in [0.717, 1.165) is 17.5 Å². The first-order valence-electron chi connectivity index (χ1n) is 14.1. The summed E-state index contributed by atoms with van der Waals surface area (Å²) in [6.07, 6.45) is 6.02. The SMILES string of the molecule is CC[C@@H](C)NC(=O)[C@@H](Cc1ccccc1)N(Cc1cccc(OC)c1)C(=O)CCN1C(=O)[C@H]2CC=CC[C@H]2C1=O. The Morgan fingerprint density at radius 3 is 2.27 bits per heavy atom. The predicted octanol–water partition coefficient (Wildman–Crippen LogP) is 3.89. The third-order valence-electron chi connectivity index (χ3n) is 7.91. The van der Waals surface area contributed by atoms with Crippen LogP contribution >= 0.6 is 0 Å². The molecule has 0 bridgehead atoms. The zero-order valence-corrected chi connectivity index (χ0v) is 23.5. The molecule has 1 aliphatic heterocycles. The molecule has 1 aliphatic carbocycles. The zero-order chi connectivity index (χ0) is 28.6. The van der Waals surface area contributed by atoms with Crippen LogP contribution in [-0.2, 0) is 32.1 Å². The first-order valence-corrected chi connectivity index (χ1v) is 14.1. The Balaban J connectivity index is 1.60. The highest BCUT2D eigenvalue weighted by Crippen LogP contribution is 2.35. The van der Waals surface area contributed by atoms with Crippen LogP contribution in [-0.4, -0.2) is 59.2 Å².